The summed E-state index contributed by atoms with van der Waals surface area (Å²) in [6.07, 6.45) is 4.05. The average Bonchev–Trinajstić information content (AvgIpc) is 2.53. The monoisotopic (exact) mass is 278 g/mol. The highest BCUT2D eigenvalue weighted by Crippen LogP contribution is 2.25. The van der Waals surface area contributed by atoms with Crippen LogP contribution in [0.3, 0.4) is 0 Å². The molecule has 2 aromatic rings. The fourth-order valence-electron chi connectivity index (χ4n) is 3.23. The lowest BCUT2D eigenvalue weighted by Crippen LogP contribution is -2.30. The van der Waals surface area contributed by atoms with Crippen LogP contribution in [0.5, 0.6) is 0 Å². The van der Waals surface area contributed by atoms with E-state index >= 15 is 0 Å². The van der Waals surface area contributed by atoms with Crippen molar-refractivity contribution >= 4 is 0 Å². The molecule has 0 atom stereocenters. The minimum Gasteiger partial charge on any atom is -0.307 e. The molecule has 106 valence electrons. The molecule has 3 nitrogen and oxygen atoms in total. The highest BCUT2D eigenvalue weighted by Gasteiger charge is 2.21. The number of nitrogens with zero attached hydrogens (tertiary/aromatic N) is 2. The van der Waals surface area contributed by atoms with Gasteiger partial charge in [0.25, 0.3) is 5.56 Å². The summed E-state index contributed by atoms with van der Waals surface area (Å²) in [6.45, 7) is 2.54. The van der Waals surface area contributed by atoms with Gasteiger partial charge in [0, 0.05) is 5.69 Å². The largest absolute Gasteiger partial charge is 0.307 e. The van der Waals surface area contributed by atoms with Gasteiger partial charge in [0.05, 0.1) is 6.54 Å². The Morgan fingerprint density at radius 3 is 2.48 bits per heavy atom. The number of hydrogen-bond donors (Lipinski definition) is 0. The summed E-state index contributed by atoms with van der Waals surface area (Å²) in [4.78, 5) is 12.6. The summed E-state index contributed by atoms with van der Waals surface area (Å²) < 4.78 is 1.76. The third kappa shape index (κ3) is 2.38. The van der Waals surface area contributed by atoms with Crippen LogP contribution in [-0.4, -0.2) is 4.57 Å². The van der Waals surface area contributed by atoms with Crippen molar-refractivity contribution in [1.29, 1.82) is 5.26 Å². The number of hydrogen-bond acceptors (Lipinski definition) is 2. The summed E-state index contributed by atoms with van der Waals surface area (Å²) >= 11 is 0. The van der Waals surface area contributed by atoms with E-state index in [1.807, 2.05) is 37.3 Å². The lowest BCUT2D eigenvalue weighted by atomic mass is 9.88. The summed E-state index contributed by atoms with van der Waals surface area (Å²) in [5.41, 5.74) is 4.54. The second kappa shape index (κ2) is 5.57. The second-order valence-corrected chi connectivity index (χ2v) is 5.61. The van der Waals surface area contributed by atoms with Crippen LogP contribution < -0.4 is 5.56 Å². The van der Waals surface area contributed by atoms with Crippen LogP contribution in [0.25, 0.3) is 0 Å². The molecule has 1 aliphatic carbocycles. The summed E-state index contributed by atoms with van der Waals surface area (Å²) in [6, 6.07) is 12.1. The van der Waals surface area contributed by atoms with Crippen LogP contribution >= 0.6 is 0 Å². The van der Waals surface area contributed by atoms with Gasteiger partial charge in [-0.1, -0.05) is 30.3 Å². The Morgan fingerprint density at radius 2 is 1.81 bits per heavy atom. The Hall–Kier alpha value is -2.34. The maximum Gasteiger partial charge on any atom is 0.269 e. The van der Waals surface area contributed by atoms with E-state index in [2.05, 4.69) is 6.07 Å². The normalized spacial score (nSPS) is 13.5. The number of fused-ring (bicyclic) bond motifs is 1. The number of aromatic nitrogens is 1. The van der Waals surface area contributed by atoms with Gasteiger partial charge in [-0.15, -0.1) is 0 Å². The zero-order valence-electron chi connectivity index (χ0n) is 12.2. The van der Waals surface area contributed by atoms with Crippen molar-refractivity contribution in [2.45, 2.75) is 39.2 Å². The maximum absolute atomic E-state index is 12.6. The highest BCUT2D eigenvalue weighted by atomic mass is 16.1. The van der Waals surface area contributed by atoms with Crippen molar-refractivity contribution in [1.82, 2.24) is 4.57 Å². The van der Waals surface area contributed by atoms with Gasteiger partial charge in [-0.25, -0.2) is 0 Å². The molecule has 0 radical (unpaired) electrons. The fraction of sp³-hybridized carbons (Fsp3) is 0.333. The molecule has 1 aromatic carbocycles. The van der Waals surface area contributed by atoms with E-state index in [4.69, 9.17) is 0 Å². The summed E-state index contributed by atoms with van der Waals surface area (Å²) in [5.74, 6) is 0. The molecule has 1 aromatic heterocycles. The molecular formula is C18H18N2O. The molecule has 0 unspecified atom stereocenters. The molecule has 0 amide bonds. The van der Waals surface area contributed by atoms with E-state index in [1.54, 1.807) is 4.57 Å². The van der Waals surface area contributed by atoms with E-state index < -0.39 is 0 Å². The van der Waals surface area contributed by atoms with Crippen LogP contribution in [-0.2, 0) is 19.4 Å². The van der Waals surface area contributed by atoms with Crippen LogP contribution in [0.2, 0.25) is 0 Å². The van der Waals surface area contributed by atoms with E-state index in [0.717, 1.165) is 42.5 Å². The van der Waals surface area contributed by atoms with Crippen molar-refractivity contribution in [3.05, 3.63) is 68.6 Å². The first-order valence-corrected chi connectivity index (χ1v) is 7.41. The van der Waals surface area contributed by atoms with Gasteiger partial charge >= 0.3 is 0 Å². The summed E-state index contributed by atoms with van der Waals surface area (Å²) in [7, 11) is 0. The van der Waals surface area contributed by atoms with E-state index in [9.17, 15) is 10.1 Å². The number of benzene rings is 1. The number of rotatable bonds is 2. The van der Waals surface area contributed by atoms with Crippen LogP contribution in [0, 0.1) is 18.3 Å². The standard InChI is InChI=1S/C18H18N2O/c1-13-15-9-5-6-10-16(15)17(11-19)18(21)20(13)12-14-7-3-2-4-8-14/h2-4,7-8H,5-6,9-10,12H2,1H3. The van der Waals surface area contributed by atoms with E-state index in [1.165, 1.54) is 5.56 Å². The lowest BCUT2D eigenvalue weighted by molar-refractivity contribution is 0.639. The van der Waals surface area contributed by atoms with Gasteiger partial charge in [0.1, 0.15) is 11.6 Å². The minimum absolute atomic E-state index is 0.139. The zero-order valence-corrected chi connectivity index (χ0v) is 12.2. The van der Waals surface area contributed by atoms with Gasteiger partial charge < -0.3 is 4.57 Å². The van der Waals surface area contributed by atoms with Crippen LogP contribution in [0.1, 0.15) is 40.8 Å². The van der Waals surface area contributed by atoms with Gasteiger partial charge in [-0.05, 0) is 49.3 Å². The van der Waals surface area contributed by atoms with Gasteiger partial charge in [-0.2, -0.15) is 5.26 Å². The van der Waals surface area contributed by atoms with Crippen LogP contribution in [0.15, 0.2) is 35.1 Å². The smallest absolute Gasteiger partial charge is 0.269 e. The third-order valence-electron chi connectivity index (χ3n) is 4.37. The second-order valence-electron chi connectivity index (χ2n) is 5.61. The fourth-order valence-corrected chi connectivity index (χ4v) is 3.23. The predicted octanol–water partition coefficient (Wildman–Crippen LogP) is 2.96. The van der Waals surface area contributed by atoms with Crippen molar-refractivity contribution in [2.24, 2.45) is 0 Å². The Balaban J connectivity index is 2.17. The predicted molar refractivity (Wildman–Crippen MR) is 82.3 cm³/mol. The maximum atomic E-state index is 12.6. The molecule has 0 N–H and O–H groups in total. The first-order valence-electron chi connectivity index (χ1n) is 7.41. The molecule has 0 bridgehead atoms. The van der Waals surface area contributed by atoms with Crippen molar-refractivity contribution in [3.8, 4) is 6.07 Å². The van der Waals surface area contributed by atoms with Gasteiger partial charge in [-0.3, -0.25) is 4.79 Å². The summed E-state index contributed by atoms with van der Waals surface area (Å²) in [5, 5.41) is 9.39. The van der Waals surface area contributed by atoms with Crippen molar-refractivity contribution in [3.63, 3.8) is 0 Å². The Bertz CT molecular complexity index is 767. The lowest BCUT2D eigenvalue weighted by Gasteiger charge is -2.22. The number of nitriles is 1. The van der Waals surface area contributed by atoms with Crippen LogP contribution in [0.4, 0.5) is 0 Å². The van der Waals surface area contributed by atoms with Gasteiger partial charge in [0.15, 0.2) is 0 Å². The number of pyridine rings is 1. The molecule has 3 rings (SSSR count). The molecule has 1 aliphatic rings. The molecule has 0 saturated heterocycles. The minimum atomic E-state index is -0.139. The Labute approximate surface area is 124 Å². The third-order valence-corrected chi connectivity index (χ3v) is 4.37. The molecule has 0 spiro atoms. The first kappa shape index (κ1) is 13.6. The average molecular weight is 278 g/mol. The highest BCUT2D eigenvalue weighted by molar-refractivity contribution is 5.45. The van der Waals surface area contributed by atoms with Gasteiger partial charge in [0.2, 0.25) is 0 Å². The Morgan fingerprint density at radius 1 is 1.14 bits per heavy atom. The quantitative estimate of drug-likeness (QED) is 0.848. The topological polar surface area (TPSA) is 45.8 Å². The van der Waals surface area contributed by atoms with E-state index in [-0.39, 0.29) is 5.56 Å². The molecule has 0 aliphatic heterocycles. The Kier molecular flexibility index (Phi) is 3.62. The molecule has 1 heterocycles. The molecule has 3 heteroatoms. The SMILES string of the molecule is Cc1c2c(c(C#N)c(=O)n1Cc1ccccc1)CCCC2. The molecular weight excluding hydrogens is 260 g/mol. The molecule has 0 saturated carbocycles. The van der Waals surface area contributed by atoms with Crippen molar-refractivity contribution in [2.75, 3.05) is 0 Å². The zero-order chi connectivity index (χ0) is 14.8. The van der Waals surface area contributed by atoms with E-state index in [0.29, 0.717) is 12.1 Å². The van der Waals surface area contributed by atoms with Crippen molar-refractivity contribution < 1.29 is 0 Å². The molecule has 21 heavy (non-hydrogen) atoms. The molecule has 0 fully saturated rings. The first-order chi connectivity index (χ1) is 10.2.